The number of hydrogen-bond acceptors (Lipinski definition) is 3. The fraction of sp³-hybridized carbons (Fsp3) is 0.167. The highest BCUT2D eigenvalue weighted by Crippen LogP contribution is 2.20. The average Bonchev–Trinajstić information content (AvgIpc) is 2.29. The van der Waals surface area contributed by atoms with Crippen molar-refractivity contribution >= 4 is 11.6 Å². The summed E-state index contributed by atoms with van der Waals surface area (Å²) < 4.78 is 18.5. The molecule has 3 nitrogen and oxygen atoms in total. The molecule has 0 aliphatic rings. The minimum atomic E-state index is -0.321. The number of hydrogen-bond donors (Lipinski definition) is 0. The molecule has 0 aliphatic heterocycles. The van der Waals surface area contributed by atoms with E-state index in [1.807, 2.05) is 0 Å². The second kappa shape index (κ2) is 5.10. The smallest absolute Gasteiger partial charge is 0.234 e. The van der Waals surface area contributed by atoms with Crippen LogP contribution >= 0.6 is 11.6 Å². The fourth-order valence-corrected chi connectivity index (χ4v) is 1.53. The molecule has 0 spiro atoms. The summed E-state index contributed by atoms with van der Waals surface area (Å²) in [5.41, 5.74) is 0.728. The van der Waals surface area contributed by atoms with Crippen LogP contribution in [0.1, 0.15) is 18.6 Å². The number of aromatic nitrogens is 2. The van der Waals surface area contributed by atoms with Crippen molar-refractivity contribution < 1.29 is 9.13 Å². The second-order valence-corrected chi connectivity index (χ2v) is 3.88. The first-order chi connectivity index (χ1) is 8.15. The lowest BCUT2D eigenvalue weighted by Crippen LogP contribution is -2.04. The maximum absolute atomic E-state index is 13.0. The van der Waals surface area contributed by atoms with E-state index < -0.39 is 0 Å². The Morgan fingerprint density at radius 1 is 1.35 bits per heavy atom. The molecule has 0 N–H and O–H groups in total. The van der Waals surface area contributed by atoms with E-state index in [2.05, 4.69) is 9.97 Å². The lowest BCUT2D eigenvalue weighted by atomic mass is 10.1. The number of benzene rings is 1. The molecule has 0 radical (unpaired) electrons. The minimum Gasteiger partial charge on any atom is -0.469 e. The molecule has 0 saturated carbocycles. The maximum Gasteiger partial charge on any atom is 0.234 e. The Labute approximate surface area is 103 Å². The van der Waals surface area contributed by atoms with E-state index in [4.69, 9.17) is 16.3 Å². The van der Waals surface area contributed by atoms with Gasteiger partial charge in [0.15, 0.2) is 5.15 Å². The molecule has 0 fully saturated rings. The van der Waals surface area contributed by atoms with Gasteiger partial charge >= 0.3 is 0 Å². The van der Waals surface area contributed by atoms with Crippen LogP contribution in [0.5, 0.6) is 5.88 Å². The van der Waals surface area contributed by atoms with Crippen LogP contribution in [0.25, 0.3) is 0 Å². The monoisotopic (exact) mass is 252 g/mol. The summed E-state index contributed by atoms with van der Waals surface area (Å²) in [5, 5.41) is 0.258. The van der Waals surface area contributed by atoms with Gasteiger partial charge in [0.2, 0.25) is 5.88 Å². The third kappa shape index (κ3) is 3.14. The highest BCUT2D eigenvalue weighted by Gasteiger charge is 2.09. The third-order valence-electron chi connectivity index (χ3n) is 2.20. The van der Waals surface area contributed by atoms with Crippen molar-refractivity contribution in [1.82, 2.24) is 9.97 Å². The molecule has 88 valence electrons. The summed E-state index contributed by atoms with van der Waals surface area (Å²) in [6.07, 6.45) is 2.56. The van der Waals surface area contributed by atoms with Crippen molar-refractivity contribution in [3.05, 3.63) is 53.2 Å². The molecule has 0 aliphatic carbocycles. The third-order valence-corrected chi connectivity index (χ3v) is 2.38. The molecule has 0 bridgehead atoms. The average molecular weight is 253 g/mol. The van der Waals surface area contributed by atoms with E-state index in [9.17, 15) is 4.39 Å². The standard InChI is InChI=1S/C12H10ClFN2O/c1-8(9-3-2-4-10(14)5-9)17-12-7-15-6-11(13)16-12/h2-8H,1H3/t8-/m1/s1. The Balaban J connectivity index is 2.14. The predicted molar refractivity (Wildman–Crippen MR) is 62.5 cm³/mol. The molecule has 1 atom stereocenters. The number of nitrogens with zero attached hydrogens (tertiary/aromatic N) is 2. The molecule has 0 saturated heterocycles. The summed E-state index contributed by atoms with van der Waals surface area (Å²) in [4.78, 5) is 7.80. The molecule has 2 aromatic rings. The van der Waals surface area contributed by atoms with Gasteiger partial charge in [-0.2, -0.15) is 4.98 Å². The van der Waals surface area contributed by atoms with Gasteiger partial charge in [-0.15, -0.1) is 0 Å². The van der Waals surface area contributed by atoms with E-state index in [1.165, 1.54) is 24.5 Å². The van der Waals surface area contributed by atoms with Gasteiger partial charge in [0.1, 0.15) is 11.9 Å². The Kier molecular flexibility index (Phi) is 3.54. The lowest BCUT2D eigenvalue weighted by molar-refractivity contribution is 0.216. The Hall–Kier alpha value is -1.68. The summed E-state index contributed by atoms with van der Waals surface area (Å²) >= 11 is 5.69. The van der Waals surface area contributed by atoms with Crippen LogP contribution in [-0.4, -0.2) is 9.97 Å². The second-order valence-electron chi connectivity index (χ2n) is 3.50. The molecular weight excluding hydrogens is 243 g/mol. The molecule has 1 aromatic heterocycles. The molecule has 5 heteroatoms. The van der Waals surface area contributed by atoms with E-state index in [1.54, 1.807) is 19.1 Å². The van der Waals surface area contributed by atoms with Gasteiger partial charge in [-0.25, -0.2) is 4.39 Å². The molecule has 0 amide bonds. The van der Waals surface area contributed by atoms with Crippen LogP contribution in [0.15, 0.2) is 36.7 Å². The predicted octanol–water partition coefficient (Wildman–Crippen LogP) is 3.41. The molecule has 0 unspecified atom stereocenters. The van der Waals surface area contributed by atoms with E-state index in [0.29, 0.717) is 5.88 Å². The van der Waals surface area contributed by atoms with Crippen LogP contribution in [0, 0.1) is 5.82 Å². The van der Waals surface area contributed by atoms with Crippen molar-refractivity contribution in [2.24, 2.45) is 0 Å². The zero-order chi connectivity index (χ0) is 12.3. The first-order valence-electron chi connectivity index (χ1n) is 5.05. The van der Waals surface area contributed by atoms with Crippen LogP contribution in [0.3, 0.4) is 0 Å². The van der Waals surface area contributed by atoms with Crippen molar-refractivity contribution in [3.63, 3.8) is 0 Å². The van der Waals surface area contributed by atoms with E-state index >= 15 is 0 Å². The van der Waals surface area contributed by atoms with Gasteiger partial charge in [0, 0.05) is 0 Å². The number of ether oxygens (including phenoxy) is 1. The summed E-state index contributed by atoms with van der Waals surface area (Å²) in [6, 6.07) is 6.22. The molecule has 17 heavy (non-hydrogen) atoms. The van der Waals surface area contributed by atoms with Crippen molar-refractivity contribution in [2.75, 3.05) is 0 Å². The summed E-state index contributed by atoms with van der Waals surface area (Å²) in [6.45, 7) is 1.80. The van der Waals surface area contributed by atoms with Crippen molar-refractivity contribution in [2.45, 2.75) is 13.0 Å². The zero-order valence-electron chi connectivity index (χ0n) is 9.10. The number of rotatable bonds is 3. The van der Waals surface area contributed by atoms with Crippen LogP contribution in [-0.2, 0) is 0 Å². The van der Waals surface area contributed by atoms with Crippen molar-refractivity contribution in [1.29, 1.82) is 0 Å². The number of halogens is 2. The molecule has 1 aromatic carbocycles. The van der Waals surface area contributed by atoms with Gasteiger partial charge in [-0.1, -0.05) is 23.7 Å². The fourth-order valence-electron chi connectivity index (χ4n) is 1.39. The quantitative estimate of drug-likeness (QED) is 0.840. The first-order valence-corrected chi connectivity index (χ1v) is 5.42. The maximum atomic E-state index is 13.0. The van der Waals surface area contributed by atoms with Gasteiger partial charge < -0.3 is 4.74 Å². The highest BCUT2D eigenvalue weighted by molar-refractivity contribution is 6.29. The molecule has 2 rings (SSSR count). The van der Waals surface area contributed by atoms with E-state index in [0.717, 1.165) is 5.56 Å². The lowest BCUT2D eigenvalue weighted by Gasteiger charge is -2.13. The van der Waals surface area contributed by atoms with Gasteiger partial charge in [0.05, 0.1) is 12.4 Å². The van der Waals surface area contributed by atoms with Crippen LogP contribution < -0.4 is 4.74 Å². The van der Waals surface area contributed by atoms with Crippen molar-refractivity contribution in [3.8, 4) is 5.88 Å². The van der Waals surface area contributed by atoms with E-state index in [-0.39, 0.29) is 17.1 Å². The summed E-state index contributed by atoms with van der Waals surface area (Å²) in [5.74, 6) is 0.0180. The SMILES string of the molecule is C[C@@H](Oc1cncc(Cl)n1)c1cccc(F)c1. The Morgan fingerprint density at radius 2 is 2.18 bits per heavy atom. The van der Waals surface area contributed by atoms with Crippen LogP contribution in [0.4, 0.5) is 4.39 Å². The zero-order valence-corrected chi connectivity index (χ0v) is 9.86. The first kappa shape index (κ1) is 11.8. The highest BCUT2D eigenvalue weighted by atomic mass is 35.5. The largest absolute Gasteiger partial charge is 0.469 e. The van der Waals surface area contributed by atoms with Gasteiger partial charge in [-0.05, 0) is 24.6 Å². The minimum absolute atomic E-state index is 0.258. The topological polar surface area (TPSA) is 35.0 Å². The summed E-state index contributed by atoms with van der Waals surface area (Å²) in [7, 11) is 0. The Bertz CT molecular complexity index is 521. The molecule has 1 heterocycles. The van der Waals surface area contributed by atoms with Crippen LogP contribution in [0.2, 0.25) is 5.15 Å². The molecular formula is C12H10ClFN2O. The normalized spacial score (nSPS) is 12.2. The van der Waals surface area contributed by atoms with Gasteiger partial charge in [0.25, 0.3) is 0 Å². The van der Waals surface area contributed by atoms with Gasteiger partial charge in [-0.3, -0.25) is 4.98 Å². The Morgan fingerprint density at radius 3 is 2.88 bits per heavy atom.